The molecule has 0 atom stereocenters. The molecule has 4 nitrogen and oxygen atoms in total. The molecular weight excluding hydrogens is 276 g/mol. The predicted molar refractivity (Wildman–Crippen MR) is 90.8 cm³/mol. The summed E-state index contributed by atoms with van der Waals surface area (Å²) in [6, 6.07) is 12.5. The summed E-state index contributed by atoms with van der Waals surface area (Å²) in [5, 5.41) is 2.48. The van der Waals surface area contributed by atoms with Crippen LogP contribution < -0.4 is 15.2 Å². The van der Waals surface area contributed by atoms with Gasteiger partial charge in [-0.2, -0.15) is 0 Å². The van der Waals surface area contributed by atoms with Crippen molar-refractivity contribution >= 4 is 21.8 Å². The van der Waals surface area contributed by atoms with Gasteiger partial charge in [-0.15, -0.1) is 0 Å². The topological polar surface area (TPSA) is 49.4 Å². The van der Waals surface area contributed by atoms with Gasteiger partial charge in [-0.05, 0) is 43.7 Å². The summed E-state index contributed by atoms with van der Waals surface area (Å²) in [6.45, 7) is 1.67. The van der Waals surface area contributed by atoms with Crippen molar-refractivity contribution in [3.8, 4) is 11.5 Å². The summed E-state index contributed by atoms with van der Waals surface area (Å²) in [5.41, 5.74) is 8.02. The van der Waals surface area contributed by atoms with Crippen molar-refractivity contribution in [2.24, 2.45) is 5.73 Å². The minimum absolute atomic E-state index is 0.726. The van der Waals surface area contributed by atoms with E-state index in [9.17, 15) is 0 Å². The molecule has 22 heavy (non-hydrogen) atoms. The van der Waals surface area contributed by atoms with Crippen LogP contribution in [-0.4, -0.2) is 25.3 Å². The van der Waals surface area contributed by atoms with E-state index in [1.807, 2.05) is 12.1 Å². The number of unbranched alkanes of at least 4 members (excludes halogenated alkanes) is 1. The van der Waals surface area contributed by atoms with Crippen molar-refractivity contribution in [3.63, 3.8) is 0 Å². The Labute approximate surface area is 130 Å². The zero-order valence-electron chi connectivity index (χ0n) is 13.1. The molecule has 0 aliphatic rings. The van der Waals surface area contributed by atoms with Crippen LogP contribution in [0.3, 0.4) is 0 Å². The van der Waals surface area contributed by atoms with E-state index in [2.05, 4.69) is 28.8 Å². The monoisotopic (exact) mass is 298 g/mol. The molecule has 0 aliphatic heterocycles. The molecule has 2 aromatic carbocycles. The van der Waals surface area contributed by atoms with Crippen molar-refractivity contribution in [1.29, 1.82) is 0 Å². The Morgan fingerprint density at radius 1 is 0.864 bits per heavy atom. The summed E-state index contributed by atoms with van der Waals surface area (Å²) in [7, 11) is 3.40. The molecule has 0 amide bonds. The lowest BCUT2D eigenvalue weighted by atomic mass is 10.1. The van der Waals surface area contributed by atoms with Gasteiger partial charge in [0.25, 0.3) is 0 Å². The first-order valence-corrected chi connectivity index (χ1v) is 7.62. The molecule has 0 fully saturated rings. The summed E-state index contributed by atoms with van der Waals surface area (Å²) >= 11 is 0. The second-order valence-electron chi connectivity index (χ2n) is 5.41. The fraction of sp³-hybridized carbons (Fsp3) is 0.333. The Morgan fingerprint density at radius 3 is 1.86 bits per heavy atom. The first-order chi connectivity index (χ1) is 10.8. The third kappa shape index (κ3) is 2.50. The van der Waals surface area contributed by atoms with Crippen LogP contribution in [0.15, 0.2) is 36.4 Å². The molecule has 0 aliphatic carbocycles. The highest BCUT2D eigenvalue weighted by Crippen LogP contribution is 2.33. The van der Waals surface area contributed by atoms with Gasteiger partial charge in [0.1, 0.15) is 11.5 Å². The van der Waals surface area contributed by atoms with Crippen LogP contribution in [0.2, 0.25) is 0 Å². The van der Waals surface area contributed by atoms with Gasteiger partial charge in [-0.3, -0.25) is 0 Å². The lowest BCUT2D eigenvalue weighted by molar-refractivity contribution is 0.415. The van der Waals surface area contributed by atoms with Crippen molar-refractivity contribution in [2.45, 2.75) is 19.4 Å². The van der Waals surface area contributed by atoms with Gasteiger partial charge in [0.05, 0.1) is 25.3 Å². The van der Waals surface area contributed by atoms with Crippen LogP contribution >= 0.6 is 0 Å². The van der Waals surface area contributed by atoms with Gasteiger partial charge in [-0.25, -0.2) is 0 Å². The zero-order chi connectivity index (χ0) is 15.5. The maximum atomic E-state index is 5.64. The van der Waals surface area contributed by atoms with Crippen LogP contribution in [0.4, 0.5) is 0 Å². The Hall–Kier alpha value is -2.20. The van der Waals surface area contributed by atoms with Crippen LogP contribution in [0.25, 0.3) is 21.8 Å². The number of hydrogen-bond acceptors (Lipinski definition) is 3. The number of aromatic nitrogens is 1. The summed E-state index contributed by atoms with van der Waals surface area (Å²) in [4.78, 5) is 0. The number of nitrogens with zero attached hydrogens (tertiary/aromatic N) is 1. The second-order valence-corrected chi connectivity index (χ2v) is 5.41. The van der Waals surface area contributed by atoms with Crippen molar-refractivity contribution < 1.29 is 9.47 Å². The minimum Gasteiger partial charge on any atom is -0.497 e. The van der Waals surface area contributed by atoms with Gasteiger partial charge in [0.15, 0.2) is 0 Å². The first kappa shape index (κ1) is 14.7. The number of hydrogen-bond donors (Lipinski definition) is 1. The largest absolute Gasteiger partial charge is 0.497 e. The number of methoxy groups -OCH3 is 2. The average Bonchev–Trinajstić information content (AvgIpc) is 2.87. The minimum atomic E-state index is 0.726. The fourth-order valence-electron chi connectivity index (χ4n) is 2.96. The molecule has 0 saturated carbocycles. The zero-order valence-corrected chi connectivity index (χ0v) is 13.1. The van der Waals surface area contributed by atoms with Crippen LogP contribution in [0.1, 0.15) is 12.8 Å². The number of aryl methyl sites for hydroxylation is 1. The van der Waals surface area contributed by atoms with Gasteiger partial charge >= 0.3 is 0 Å². The van der Waals surface area contributed by atoms with Crippen molar-refractivity contribution in [3.05, 3.63) is 36.4 Å². The number of rotatable bonds is 6. The number of ether oxygens (including phenoxy) is 2. The molecule has 1 heterocycles. The highest BCUT2D eigenvalue weighted by molar-refractivity contribution is 6.08. The summed E-state index contributed by atoms with van der Waals surface area (Å²) in [6.07, 6.45) is 2.08. The van der Waals surface area contributed by atoms with E-state index in [-0.39, 0.29) is 0 Å². The van der Waals surface area contributed by atoms with Crippen molar-refractivity contribution in [2.75, 3.05) is 20.8 Å². The van der Waals surface area contributed by atoms with Crippen LogP contribution in [0.5, 0.6) is 11.5 Å². The highest BCUT2D eigenvalue weighted by Gasteiger charge is 2.12. The Kier molecular flexibility index (Phi) is 4.20. The predicted octanol–water partition coefficient (Wildman–Crippen LogP) is 3.55. The maximum absolute atomic E-state index is 5.64. The van der Waals surface area contributed by atoms with Crippen LogP contribution in [0, 0.1) is 0 Å². The third-order valence-electron chi connectivity index (χ3n) is 4.12. The molecule has 2 N–H and O–H groups in total. The molecule has 3 aromatic rings. The Balaban J connectivity index is 2.22. The molecule has 0 saturated heterocycles. The van der Waals surface area contributed by atoms with E-state index in [1.165, 1.54) is 21.8 Å². The molecule has 0 bridgehead atoms. The number of fused-ring (bicyclic) bond motifs is 3. The molecular formula is C18H22N2O2. The molecule has 3 rings (SSSR count). The third-order valence-corrected chi connectivity index (χ3v) is 4.12. The first-order valence-electron chi connectivity index (χ1n) is 7.62. The molecule has 4 heteroatoms. The second kappa shape index (κ2) is 6.28. The van der Waals surface area contributed by atoms with E-state index in [0.29, 0.717) is 0 Å². The lowest BCUT2D eigenvalue weighted by Crippen LogP contribution is -2.03. The summed E-state index contributed by atoms with van der Waals surface area (Å²) < 4.78 is 13.1. The molecule has 0 spiro atoms. The standard InChI is InChI=1S/C18H22N2O2/c1-21-13-5-7-15-16-8-6-14(22-2)12-18(16)20(17(15)11-13)10-4-3-9-19/h5-8,11-12H,3-4,9-10,19H2,1-2H3. The number of benzene rings is 2. The molecule has 0 unspecified atom stereocenters. The van der Waals surface area contributed by atoms with E-state index >= 15 is 0 Å². The van der Waals surface area contributed by atoms with Gasteiger partial charge < -0.3 is 19.8 Å². The smallest absolute Gasteiger partial charge is 0.120 e. The SMILES string of the molecule is COc1ccc2c3ccc(OC)cc3n(CCCCN)c2c1. The number of nitrogens with two attached hydrogens (primary N) is 1. The molecule has 1 aromatic heterocycles. The molecule has 116 valence electrons. The van der Waals surface area contributed by atoms with Gasteiger partial charge in [-0.1, -0.05) is 0 Å². The average molecular weight is 298 g/mol. The van der Waals surface area contributed by atoms with Crippen LogP contribution in [-0.2, 0) is 6.54 Å². The van der Waals surface area contributed by atoms with Gasteiger partial charge in [0.2, 0.25) is 0 Å². The summed E-state index contributed by atoms with van der Waals surface area (Å²) in [5.74, 6) is 1.75. The Morgan fingerprint density at radius 2 is 1.41 bits per heavy atom. The fourth-order valence-corrected chi connectivity index (χ4v) is 2.96. The van der Waals surface area contributed by atoms with E-state index in [0.717, 1.165) is 37.4 Å². The lowest BCUT2D eigenvalue weighted by Gasteiger charge is -2.08. The normalized spacial score (nSPS) is 11.2. The van der Waals surface area contributed by atoms with E-state index in [1.54, 1.807) is 14.2 Å². The van der Waals surface area contributed by atoms with E-state index < -0.39 is 0 Å². The quantitative estimate of drug-likeness (QED) is 0.708. The molecule has 0 radical (unpaired) electrons. The van der Waals surface area contributed by atoms with Crippen molar-refractivity contribution in [1.82, 2.24) is 4.57 Å². The Bertz CT molecular complexity index is 731. The maximum Gasteiger partial charge on any atom is 0.120 e. The highest BCUT2D eigenvalue weighted by atomic mass is 16.5. The van der Waals surface area contributed by atoms with Gasteiger partial charge in [0, 0.05) is 29.4 Å². The van der Waals surface area contributed by atoms with E-state index in [4.69, 9.17) is 15.2 Å².